The first kappa shape index (κ1) is 25.9. The van der Waals surface area contributed by atoms with Crippen molar-refractivity contribution in [2.75, 3.05) is 6.61 Å². The molecule has 198 valence electrons. The van der Waals surface area contributed by atoms with Gasteiger partial charge in [0.05, 0.1) is 12.5 Å². The van der Waals surface area contributed by atoms with Gasteiger partial charge in [0.1, 0.15) is 34.5 Å². The molecule has 5 rings (SSSR count). The zero-order chi connectivity index (χ0) is 27.7. The van der Waals surface area contributed by atoms with E-state index in [1.807, 2.05) is 56.3 Å². The van der Waals surface area contributed by atoms with Gasteiger partial charge in [-0.15, -0.1) is 0 Å². The minimum absolute atomic E-state index is 0.00750. The van der Waals surface area contributed by atoms with Crippen LogP contribution in [0.15, 0.2) is 76.5 Å². The van der Waals surface area contributed by atoms with E-state index in [0.717, 1.165) is 34.2 Å². The van der Waals surface area contributed by atoms with Gasteiger partial charge in [-0.3, -0.25) is 0 Å². The molecule has 0 aliphatic carbocycles. The molecule has 0 bridgehead atoms. The molecule has 2 heterocycles. The molecule has 1 aliphatic heterocycles. The number of esters is 1. The van der Waals surface area contributed by atoms with Crippen molar-refractivity contribution >= 4 is 16.9 Å². The van der Waals surface area contributed by atoms with Crippen molar-refractivity contribution in [1.82, 2.24) is 0 Å². The standard InChI is InChI=1S/C32H30N2O5/c1-18(2)12-13-36-22-7-5-6-21(15-22)29-24-10-9-23(16-28(24)39-31(34)26(29)17-33)37-32(35)30-20(4)25-14-19(3)8-11-27(25)38-30/h5-11,14-16,18,29H,12-13,34H2,1-4H3. The topological polar surface area (TPSA) is 108 Å². The molecule has 1 aliphatic rings. The van der Waals surface area contributed by atoms with Crippen molar-refractivity contribution in [3.8, 4) is 23.3 Å². The summed E-state index contributed by atoms with van der Waals surface area (Å²) in [6.07, 6.45) is 0.940. The van der Waals surface area contributed by atoms with Crippen LogP contribution in [0.4, 0.5) is 0 Å². The lowest BCUT2D eigenvalue weighted by Crippen LogP contribution is -2.21. The number of benzene rings is 3. The van der Waals surface area contributed by atoms with Gasteiger partial charge in [-0.25, -0.2) is 4.79 Å². The number of nitrogens with zero attached hydrogens (tertiary/aromatic N) is 1. The van der Waals surface area contributed by atoms with E-state index in [9.17, 15) is 10.1 Å². The second kappa shape index (κ2) is 10.6. The number of fused-ring (bicyclic) bond motifs is 2. The maximum atomic E-state index is 13.0. The number of aryl methyl sites for hydroxylation is 2. The lowest BCUT2D eigenvalue weighted by Gasteiger charge is -2.27. The molecule has 1 aromatic heterocycles. The lowest BCUT2D eigenvalue weighted by molar-refractivity contribution is 0.0702. The Balaban J connectivity index is 1.44. The fourth-order valence-corrected chi connectivity index (χ4v) is 4.72. The van der Waals surface area contributed by atoms with Crippen LogP contribution in [0.1, 0.15) is 59.0 Å². The molecular formula is C32H30N2O5. The normalized spacial score (nSPS) is 14.6. The van der Waals surface area contributed by atoms with E-state index in [4.69, 9.17) is 24.4 Å². The third-order valence-corrected chi connectivity index (χ3v) is 6.83. The number of hydrogen-bond donors (Lipinski definition) is 1. The van der Waals surface area contributed by atoms with Crippen LogP contribution in [0.25, 0.3) is 11.0 Å². The number of nitrogens with two attached hydrogens (primary N) is 1. The summed E-state index contributed by atoms with van der Waals surface area (Å²) in [5.74, 6) is 1.02. The van der Waals surface area contributed by atoms with Gasteiger partial charge < -0.3 is 24.4 Å². The molecule has 4 aromatic rings. The smallest absolute Gasteiger partial charge is 0.379 e. The maximum Gasteiger partial charge on any atom is 0.379 e. The monoisotopic (exact) mass is 522 g/mol. The molecule has 0 spiro atoms. The Kier molecular flexibility index (Phi) is 7.03. The van der Waals surface area contributed by atoms with Gasteiger partial charge in [0.25, 0.3) is 0 Å². The van der Waals surface area contributed by atoms with Crippen molar-refractivity contribution in [2.24, 2.45) is 11.7 Å². The van der Waals surface area contributed by atoms with E-state index < -0.39 is 11.9 Å². The van der Waals surface area contributed by atoms with Gasteiger partial charge >= 0.3 is 5.97 Å². The lowest BCUT2D eigenvalue weighted by atomic mass is 9.83. The fraction of sp³-hybridized carbons (Fsp3) is 0.250. The van der Waals surface area contributed by atoms with Crippen LogP contribution in [0.3, 0.4) is 0 Å². The number of rotatable bonds is 7. The van der Waals surface area contributed by atoms with E-state index in [1.54, 1.807) is 18.2 Å². The molecule has 0 fully saturated rings. The second-order valence-corrected chi connectivity index (χ2v) is 10.2. The molecule has 7 heteroatoms. The molecule has 39 heavy (non-hydrogen) atoms. The summed E-state index contributed by atoms with van der Waals surface area (Å²) in [5, 5.41) is 10.8. The number of nitriles is 1. The predicted molar refractivity (Wildman–Crippen MR) is 148 cm³/mol. The Morgan fingerprint density at radius 2 is 1.90 bits per heavy atom. The highest BCUT2D eigenvalue weighted by Crippen LogP contribution is 2.44. The maximum absolute atomic E-state index is 13.0. The molecule has 7 nitrogen and oxygen atoms in total. The van der Waals surface area contributed by atoms with Crippen molar-refractivity contribution in [3.63, 3.8) is 0 Å². The van der Waals surface area contributed by atoms with Gasteiger partial charge in [-0.2, -0.15) is 5.26 Å². The zero-order valence-corrected chi connectivity index (χ0v) is 22.4. The van der Waals surface area contributed by atoms with Gasteiger partial charge in [0.2, 0.25) is 11.6 Å². The van der Waals surface area contributed by atoms with Crippen molar-refractivity contribution in [2.45, 2.75) is 40.0 Å². The van der Waals surface area contributed by atoms with Crippen LogP contribution in [0, 0.1) is 31.1 Å². The number of carbonyl (C=O) groups is 1. The Labute approximate surface area is 227 Å². The quantitative estimate of drug-likeness (QED) is 0.207. The minimum atomic E-state index is -0.610. The molecule has 0 amide bonds. The fourth-order valence-electron chi connectivity index (χ4n) is 4.72. The van der Waals surface area contributed by atoms with Crippen LogP contribution in [0.5, 0.6) is 17.2 Å². The molecule has 1 unspecified atom stereocenters. The molecule has 0 radical (unpaired) electrons. The number of allylic oxidation sites excluding steroid dienone is 1. The SMILES string of the molecule is Cc1ccc2oc(C(=O)Oc3ccc4c(c3)OC(N)=C(C#N)C4c3cccc(OCCC(C)C)c3)c(C)c2c1. The van der Waals surface area contributed by atoms with Gasteiger partial charge in [0, 0.05) is 22.6 Å². The highest BCUT2D eigenvalue weighted by atomic mass is 16.5. The molecule has 0 saturated carbocycles. The number of ether oxygens (including phenoxy) is 3. The van der Waals surface area contributed by atoms with Crippen molar-refractivity contribution < 1.29 is 23.4 Å². The van der Waals surface area contributed by atoms with E-state index in [-0.39, 0.29) is 17.4 Å². The van der Waals surface area contributed by atoms with Crippen LogP contribution in [-0.2, 0) is 0 Å². The summed E-state index contributed by atoms with van der Waals surface area (Å²) >= 11 is 0. The van der Waals surface area contributed by atoms with Gasteiger partial charge in [-0.1, -0.05) is 43.7 Å². The average Bonchev–Trinajstić information content (AvgIpc) is 3.23. The van der Waals surface area contributed by atoms with E-state index in [1.165, 1.54) is 0 Å². The van der Waals surface area contributed by atoms with Gasteiger partial charge in [0.15, 0.2) is 0 Å². The Hall–Kier alpha value is -4.70. The molecule has 2 N–H and O–H groups in total. The summed E-state index contributed by atoms with van der Waals surface area (Å²) in [6.45, 7) is 8.72. The highest BCUT2D eigenvalue weighted by molar-refractivity contribution is 5.97. The summed E-state index contributed by atoms with van der Waals surface area (Å²) in [7, 11) is 0. The third-order valence-electron chi connectivity index (χ3n) is 6.83. The van der Waals surface area contributed by atoms with E-state index in [2.05, 4.69) is 19.9 Å². The first-order valence-electron chi connectivity index (χ1n) is 12.9. The first-order chi connectivity index (χ1) is 18.7. The second-order valence-electron chi connectivity index (χ2n) is 10.2. The molecular weight excluding hydrogens is 492 g/mol. The highest BCUT2D eigenvalue weighted by Gasteiger charge is 2.31. The molecule has 0 saturated heterocycles. The van der Waals surface area contributed by atoms with Crippen molar-refractivity contribution in [3.05, 3.63) is 100 Å². The van der Waals surface area contributed by atoms with E-state index in [0.29, 0.717) is 35.0 Å². The van der Waals surface area contributed by atoms with Crippen LogP contribution >= 0.6 is 0 Å². The number of carbonyl (C=O) groups excluding carboxylic acids is 1. The third kappa shape index (κ3) is 5.19. The van der Waals surface area contributed by atoms with Crippen LogP contribution < -0.4 is 19.9 Å². The number of furan rings is 1. The summed E-state index contributed by atoms with van der Waals surface area (Å²) in [6, 6.07) is 20.7. The van der Waals surface area contributed by atoms with Crippen LogP contribution in [0.2, 0.25) is 0 Å². The predicted octanol–water partition coefficient (Wildman–Crippen LogP) is 6.91. The van der Waals surface area contributed by atoms with Gasteiger partial charge in [-0.05, 0) is 62.1 Å². The Morgan fingerprint density at radius 3 is 2.67 bits per heavy atom. The first-order valence-corrected chi connectivity index (χ1v) is 12.9. The number of hydrogen-bond acceptors (Lipinski definition) is 7. The zero-order valence-electron chi connectivity index (χ0n) is 22.4. The molecule has 3 aromatic carbocycles. The summed E-state index contributed by atoms with van der Waals surface area (Å²) in [5.41, 5.74) is 10.5. The van der Waals surface area contributed by atoms with E-state index >= 15 is 0 Å². The minimum Gasteiger partial charge on any atom is -0.494 e. The average molecular weight is 523 g/mol. The van der Waals surface area contributed by atoms with Crippen LogP contribution in [-0.4, -0.2) is 12.6 Å². The summed E-state index contributed by atoms with van der Waals surface area (Å²) < 4.78 is 23.2. The molecule has 1 atom stereocenters. The largest absolute Gasteiger partial charge is 0.494 e. The summed E-state index contributed by atoms with van der Waals surface area (Å²) in [4.78, 5) is 13.0. The Morgan fingerprint density at radius 1 is 1.08 bits per heavy atom. The Bertz CT molecular complexity index is 1640. The van der Waals surface area contributed by atoms with Crippen molar-refractivity contribution in [1.29, 1.82) is 5.26 Å².